The van der Waals surface area contributed by atoms with Crippen molar-refractivity contribution in [3.05, 3.63) is 35.4 Å². The van der Waals surface area contributed by atoms with E-state index in [1.54, 1.807) is 0 Å². The van der Waals surface area contributed by atoms with Crippen LogP contribution in [0.5, 0.6) is 0 Å². The van der Waals surface area contributed by atoms with Crippen molar-refractivity contribution in [2.75, 3.05) is 5.75 Å². The van der Waals surface area contributed by atoms with Crippen LogP contribution in [-0.4, -0.2) is 27.3 Å². The maximum Gasteiger partial charge on any atom is 0.176 e. The van der Waals surface area contributed by atoms with Crippen molar-refractivity contribution in [3.63, 3.8) is 0 Å². The molecule has 0 spiro atoms. The summed E-state index contributed by atoms with van der Waals surface area (Å²) in [6.07, 6.45) is 3.92. The molecule has 3 rings (SSSR count). The van der Waals surface area contributed by atoms with Crippen molar-refractivity contribution in [1.82, 2.24) is 0 Å². The van der Waals surface area contributed by atoms with Crippen LogP contribution < -0.4 is 0 Å². The molecule has 1 saturated carbocycles. The number of rotatable bonds is 3. The molecule has 1 heterocycles. The van der Waals surface area contributed by atoms with Gasteiger partial charge in [-0.1, -0.05) is 38.5 Å². The summed E-state index contributed by atoms with van der Waals surface area (Å²) in [4.78, 5) is 12.7. The number of Topliss-reactive ketones (excluding diaryl/α,β-unsaturated/α-hetero) is 1. The number of benzene rings is 1. The number of carbonyl (C=O) groups is 1. The summed E-state index contributed by atoms with van der Waals surface area (Å²) in [5.41, 5.74) is 2.30. The minimum Gasteiger partial charge on any atom is -0.293 e. The molecule has 1 saturated heterocycles. The highest BCUT2D eigenvalue weighted by molar-refractivity contribution is 8.08. The molecule has 1 nitrogen and oxygen atoms in total. The van der Waals surface area contributed by atoms with E-state index >= 15 is 0 Å². The third-order valence-corrected chi connectivity index (χ3v) is 7.98. The van der Waals surface area contributed by atoms with Gasteiger partial charge >= 0.3 is 0 Å². The van der Waals surface area contributed by atoms with Crippen molar-refractivity contribution in [2.24, 2.45) is 0 Å². The third-order valence-electron chi connectivity index (χ3n) is 4.59. The van der Waals surface area contributed by atoms with Gasteiger partial charge in [0.2, 0.25) is 0 Å². The van der Waals surface area contributed by atoms with Gasteiger partial charge in [-0.05, 0) is 30.4 Å². The maximum atomic E-state index is 12.7. The van der Waals surface area contributed by atoms with Gasteiger partial charge in [-0.2, -0.15) is 11.8 Å². The second-order valence-corrected chi connectivity index (χ2v) is 8.98. The van der Waals surface area contributed by atoms with E-state index in [0.717, 1.165) is 11.3 Å². The molecule has 0 aromatic heterocycles. The van der Waals surface area contributed by atoms with Crippen LogP contribution in [0.4, 0.5) is 0 Å². The van der Waals surface area contributed by atoms with Crippen LogP contribution in [0.3, 0.4) is 0 Å². The Morgan fingerprint density at radius 3 is 2.65 bits per heavy atom. The Labute approximate surface area is 130 Å². The third kappa shape index (κ3) is 2.94. The molecule has 3 unspecified atom stereocenters. The zero-order valence-corrected chi connectivity index (χ0v) is 13.8. The number of thioether (sulfide) groups is 2. The minimum atomic E-state index is 0.142. The lowest BCUT2D eigenvalue weighted by atomic mass is 9.79. The van der Waals surface area contributed by atoms with Gasteiger partial charge in [-0.15, -0.1) is 11.8 Å². The molecule has 3 heteroatoms. The van der Waals surface area contributed by atoms with Gasteiger partial charge < -0.3 is 0 Å². The fourth-order valence-electron chi connectivity index (χ4n) is 2.79. The van der Waals surface area contributed by atoms with Crippen molar-refractivity contribution >= 4 is 29.3 Å². The number of hydrogen-bond donors (Lipinski definition) is 0. The quantitative estimate of drug-likeness (QED) is 0.749. The Morgan fingerprint density at radius 1 is 1.20 bits per heavy atom. The number of hydrogen-bond acceptors (Lipinski definition) is 3. The molecule has 20 heavy (non-hydrogen) atoms. The Balaban J connectivity index is 1.73. The van der Waals surface area contributed by atoms with Crippen LogP contribution in [0.15, 0.2) is 24.3 Å². The highest BCUT2D eigenvalue weighted by atomic mass is 32.2. The molecule has 3 atom stereocenters. The first kappa shape index (κ1) is 14.5. The van der Waals surface area contributed by atoms with E-state index in [9.17, 15) is 4.79 Å². The number of carbonyl (C=O) groups excluding carboxylic acids is 1. The predicted octanol–water partition coefficient (Wildman–Crippen LogP) is 4.76. The molecule has 1 aliphatic heterocycles. The molecule has 0 radical (unpaired) electrons. The Kier molecular flexibility index (Phi) is 4.46. The van der Waals surface area contributed by atoms with E-state index in [1.807, 2.05) is 29.6 Å². The molecule has 1 aromatic carbocycles. The minimum absolute atomic E-state index is 0.142. The molecule has 1 aromatic rings. The Hall–Kier alpha value is -0.410. The van der Waals surface area contributed by atoms with Crippen LogP contribution in [0.1, 0.15) is 54.9 Å². The summed E-state index contributed by atoms with van der Waals surface area (Å²) in [6.45, 7) is 4.51. The lowest BCUT2D eigenvalue weighted by Gasteiger charge is -2.30. The monoisotopic (exact) mass is 306 g/mol. The molecule has 1 aliphatic carbocycles. The van der Waals surface area contributed by atoms with E-state index < -0.39 is 0 Å². The summed E-state index contributed by atoms with van der Waals surface area (Å²) in [5.74, 6) is 2.00. The largest absolute Gasteiger partial charge is 0.293 e. The van der Waals surface area contributed by atoms with Gasteiger partial charge in [0, 0.05) is 21.8 Å². The summed E-state index contributed by atoms with van der Waals surface area (Å²) in [5, 5.41) is 1.37. The van der Waals surface area contributed by atoms with Gasteiger partial charge in [0.25, 0.3) is 0 Å². The maximum absolute atomic E-state index is 12.7. The fraction of sp³-hybridized carbons (Fsp3) is 0.588. The van der Waals surface area contributed by atoms with Gasteiger partial charge in [-0.25, -0.2) is 0 Å². The van der Waals surface area contributed by atoms with Gasteiger partial charge in [0.1, 0.15) is 0 Å². The van der Waals surface area contributed by atoms with Crippen LogP contribution in [0.25, 0.3) is 0 Å². The first-order valence-electron chi connectivity index (χ1n) is 7.56. The SMILES string of the molecule is CC1SCC(C(=O)c2cccc(C3CCC3)c2)SC1C. The van der Waals surface area contributed by atoms with Gasteiger partial charge in [-0.3, -0.25) is 4.79 Å². The van der Waals surface area contributed by atoms with E-state index in [1.165, 1.54) is 24.8 Å². The second-order valence-electron chi connectivity index (χ2n) is 5.99. The smallest absolute Gasteiger partial charge is 0.176 e. The van der Waals surface area contributed by atoms with E-state index in [2.05, 4.69) is 32.0 Å². The molecule has 2 aliphatic rings. The molecular weight excluding hydrogens is 284 g/mol. The lowest BCUT2D eigenvalue weighted by molar-refractivity contribution is 0.0994. The van der Waals surface area contributed by atoms with Crippen molar-refractivity contribution in [2.45, 2.75) is 54.8 Å². The topological polar surface area (TPSA) is 17.1 Å². The summed E-state index contributed by atoms with van der Waals surface area (Å²) >= 11 is 3.80. The Bertz CT molecular complexity index is 496. The number of ketones is 1. The van der Waals surface area contributed by atoms with E-state index in [4.69, 9.17) is 0 Å². The first-order chi connectivity index (χ1) is 9.65. The van der Waals surface area contributed by atoms with Gasteiger partial charge in [0.15, 0.2) is 5.78 Å². The Morgan fingerprint density at radius 2 is 2.00 bits per heavy atom. The average Bonchev–Trinajstić information content (AvgIpc) is 2.39. The normalized spacial score (nSPS) is 30.8. The molecule has 108 valence electrons. The molecule has 0 N–H and O–H groups in total. The summed E-state index contributed by atoms with van der Waals surface area (Å²) in [7, 11) is 0. The zero-order valence-electron chi connectivity index (χ0n) is 12.2. The first-order valence-corrected chi connectivity index (χ1v) is 9.55. The van der Waals surface area contributed by atoms with E-state index in [-0.39, 0.29) is 5.25 Å². The van der Waals surface area contributed by atoms with Crippen molar-refractivity contribution in [3.8, 4) is 0 Å². The highest BCUT2D eigenvalue weighted by Crippen LogP contribution is 2.39. The van der Waals surface area contributed by atoms with E-state index in [0.29, 0.717) is 22.2 Å². The van der Waals surface area contributed by atoms with Crippen molar-refractivity contribution in [1.29, 1.82) is 0 Å². The zero-order chi connectivity index (χ0) is 14.1. The lowest BCUT2D eigenvalue weighted by Crippen LogP contribution is -2.31. The molecular formula is C17H22OS2. The fourth-order valence-corrected chi connectivity index (χ4v) is 5.67. The van der Waals surface area contributed by atoms with Gasteiger partial charge in [0.05, 0.1) is 5.25 Å². The van der Waals surface area contributed by atoms with Crippen molar-refractivity contribution < 1.29 is 4.79 Å². The average molecular weight is 306 g/mol. The van der Waals surface area contributed by atoms with Crippen LogP contribution in [0, 0.1) is 0 Å². The van der Waals surface area contributed by atoms with Crippen LogP contribution >= 0.6 is 23.5 Å². The summed E-state index contributed by atoms with van der Waals surface area (Å²) in [6, 6.07) is 8.40. The standard InChI is InChI=1S/C17H22OS2/c1-11-12(2)20-16(10-19-11)17(18)15-8-4-7-14(9-15)13-5-3-6-13/h4,7-9,11-13,16H,3,5-6,10H2,1-2H3. The molecule has 0 bridgehead atoms. The highest BCUT2D eigenvalue weighted by Gasteiger charge is 2.31. The molecule has 0 amide bonds. The summed E-state index contributed by atoms with van der Waals surface area (Å²) < 4.78 is 0. The predicted molar refractivity (Wildman–Crippen MR) is 90.1 cm³/mol. The van der Waals surface area contributed by atoms with Crippen LogP contribution in [0.2, 0.25) is 0 Å². The van der Waals surface area contributed by atoms with Crippen LogP contribution in [-0.2, 0) is 0 Å². The molecule has 2 fully saturated rings. The second kappa shape index (κ2) is 6.15.